The number of hydrogen-bond acceptors (Lipinski definition) is 1. The molecular weight excluding hydrogens is 783 g/mol. The maximum absolute atomic E-state index is 5.19. The Morgan fingerprint density at radius 1 is 0.215 bits per heavy atom. The van der Waals surface area contributed by atoms with Crippen molar-refractivity contribution in [1.82, 2.24) is 4.98 Å². The minimum atomic E-state index is -0.422. The zero-order valence-electron chi connectivity index (χ0n) is 35.6. The van der Waals surface area contributed by atoms with Crippen molar-refractivity contribution in [2.45, 2.75) is 5.41 Å². The van der Waals surface area contributed by atoms with Crippen molar-refractivity contribution < 1.29 is 0 Å². The highest BCUT2D eigenvalue weighted by Crippen LogP contribution is 2.63. The molecule has 65 heavy (non-hydrogen) atoms. The molecule has 11 aromatic rings. The normalized spacial score (nSPS) is 12.7. The average Bonchev–Trinajstić information content (AvgIpc) is 3.85. The van der Waals surface area contributed by atoms with Crippen LogP contribution in [0, 0.1) is 0 Å². The van der Waals surface area contributed by atoms with Gasteiger partial charge in [0.05, 0.1) is 16.8 Å². The van der Waals surface area contributed by atoms with Gasteiger partial charge in [-0.05, 0) is 130 Å². The molecule has 0 aliphatic heterocycles. The molecule has 0 atom stereocenters. The SMILES string of the molecule is c1ccc(-c2cc(-c3ccccc3)nc(-c3ccc(-c4ccc(-c5cc6c(cc5-c5ccc7ccccc7c5)-c5ccccc5C65c6ccccc6-c6ccccc65)cc4)cc3)c2)cc1. The van der Waals surface area contributed by atoms with Gasteiger partial charge in [-0.2, -0.15) is 0 Å². The average molecular weight is 824 g/mol. The van der Waals surface area contributed by atoms with Crippen LogP contribution in [0.4, 0.5) is 0 Å². The minimum absolute atomic E-state index is 0.422. The summed E-state index contributed by atoms with van der Waals surface area (Å²) in [6.45, 7) is 0. The molecule has 1 spiro atoms. The highest BCUT2D eigenvalue weighted by Gasteiger charge is 2.51. The Bertz CT molecular complexity index is 3520. The Balaban J connectivity index is 0.939. The van der Waals surface area contributed by atoms with Gasteiger partial charge in [0.2, 0.25) is 0 Å². The molecule has 0 saturated heterocycles. The van der Waals surface area contributed by atoms with Crippen LogP contribution in [0.1, 0.15) is 22.3 Å². The molecule has 1 nitrogen and oxygen atoms in total. The molecule has 0 bridgehead atoms. The topological polar surface area (TPSA) is 12.9 Å². The number of fused-ring (bicyclic) bond motifs is 11. The third kappa shape index (κ3) is 5.90. The summed E-state index contributed by atoms with van der Waals surface area (Å²) in [4.78, 5) is 5.19. The van der Waals surface area contributed by atoms with Crippen LogP contribution in [0.25, 0.3) is 100 Å². The van der Waals surface area contributed by atoms with Crippen molar-refractivity contribution in [3.63, 3.8) is 0 Å². The van der Waals surface area contributed by atoms with E-state index >= 15 is 0 Å². The second kappa shape index (κ2) is 14.9. The number of hydrogen-bond donors (Lipinski definition) is 0. The Morgan fingerprint density at radius 2 is 0.631 bits per heavy atom. The van der Waals surface area contributed by atoms with E-state index < -0.39 is 5.41 Å². The molecule has 1 heteroatoms. The number of pyridine rings is 1. The third-order valence-corrected chi connectivity index (χ3v) is 13.9. The summed E-state index contributed by atoms with van der Waals surface area (Å²) in [6.07, 6.45) is 0. The van der Waals surface area contributed by atoms with E-state index in [2.05, 4.69) is 249 Å². The smallest absolute Gasteiger partial charge is 0.0725 e. The fourth-order valence-corrected chi connectivity index (χ4v) is 10.9. The summed E-state index contributed by atoms with van der Waals surface area (Å²) >= 11 is 0. The van der Waals surface area contributed by atoms with Crippen LogP contribution in [0.5, 0.6) is 0 Å². The molecule has 13 rings (SSSR count). The van der Waals surface area contributed by atoms with Crippen molar-refractivity contribution in [2.75, 3.05) is 0 Å². The summed E-state index contributed by atoms with van der Waals surface area (Å²) < 4.78 is 0. The second-order valence-electron chi connectivity index (χ2n) is 17.4. The van der Waals surface area contributed by atoms with E-state index in [4.69, 9.17) is 4.98 Å². The fraction of sp³-hybridized carbons (Fsp3) is 0.0156. The fourth-order valence-electron chi connectivity index (χ4n) is 10.9. The van der Waals surface area contributed by atoms with Crippen LogP contribution in [-0.2, 0) is 5.41 Å². The molecule has 1 aromatic heterocycles. The predicted octanol–water partition coefficient (Wildman–Crippen LogP) is 16.6. The molecule has 1 heterocycles. The predicted molar refractivity (Wildman–Crippen MR) is 271 cm³/mol. The molecular formula is C64H41N. The maximum atomic E-state index is 5.19. The maximum Gasteiger partial charge on any atom is 0.0725 e. The Hall–Kier alpha value is -8.39. The summed E-state index contributed by atoms with van der Waals surface area (Å²) in [7, 11) is 0. The molecule has 10 aromatic carbocycles. The molecule has 0 N–H and O–H groups in total. The van der Waals surface area contributed by atoms with Crippen LogP contribution in [0.2, 0.25) is 0 Å². The lowest BCUT2D eigenvalue weighted by Gasteiger charge is -2.31. The Labute approximate surface area is 379 Å². The van der Waals surface area contributed by atoms with Gasteiger partial charge >= 0.3 is 0 Å². The van der Waals surface area contributed by atoms with Crippen molar-refractivity contribution in [1.29, 1.82) is 0 Å². The zero-order chi connectivity index (χ0) is 42.9. The summed E-state index contributed by atoms with van der Waals surface area (Å²) in [6, 6.07) is 91.4. The number of benzene rings is 10. The van der Waals surface area contributed by atoms with Gasteiger partial charge in [0.15, 0.2) is 0 Å². The number of rotatable bonds is 6. The molecule has 0 radical (unpaired) electrons. The van der Waals surface area contributed by atoms with Crippen LogP contribution < -0.4 is 0 Å². The van der Waals surface area contributed by atoms with Crippen LogP contribution in [-0.4, -0.2) is 4.98 Å². The quantitative estimate of drug-likeness (QED) is 0.163. The van der Waals surface area contributed by atoms with E-state index in [-0.39, 0.29) is 0 Å². The Morgan fingerprint density at radius 3 is 1.23 bits per heavy atom. The van der Waals surface area contributed by atoms with Gasteiger partial charge in [-0.1, -0.05) is 218 Å². The van der Waals surface area contributed by atoms with Crippen molar-refractivity contribution in [3.05, 3.63) is 271 Å². The van der Waals surface area contributed by atoms with Gasteiger partial charge in [-0.25, -0.2) is 4.98 Å². The van der Waals surface area contributed by atoms with Gasteiger partial charge in [0, 0.05) is 11.1 Å². The summed E-state index contributed by atoms with van der Waals surface area (Å²) in [5.41, 5.74) is 23.9. The van der Waals surface area contributed by atoms with Crippen molar-refractivity contribution in [3.8, 4) is 89.3 Å². The van der Waals surface area contributed by atoms with Crippen LogP contribution >= 0.6 is 0 Å². The first-order chi connectivity index (χ1) is 32.2. The molecule has 302 valence electrons. The Kier molecular flexibility index (Phi) is 8.51. The van der Waals surface area contributed by atoms with E-state index in [1.807, 2.05) is 0 Å². The molecule has 0 saturated carbocycles. The van der Waals surface area contributed by atoms with Gasteiger partial charge in [0.25, 0.3) is 0 Å². The lowest BCUT2D eigenvalue weighted by Crippen LogP contribution is -2.25. The minimum Gasteiger partial charge on any atom is -0.248 e. The van der Waals surface area contributed by atoms with Gasteiger partial charge < -0.3 is 0 Å². The lowest BCUT2D eigenvalue weighted by molar-refractivity contribution is 0.794. The van der Waals surface area contributed by atoms with Gasteiger partial charge in [-0.3, -0.25) is 0 Å². The van der Waals surface area contributed by atoms with Crippen molar-refractivity contribution >= 4 is 10.8 Å². The highest BCUT2D eigenvalue weighted by atomic mass is 14.7. The van der Waals surface area contributed by atoms with E-state index in [9.17, 15) is 0 Å². The third-order valence-electron chi connectivity index (χ3n) is 13.9. The summed E-state index contributed by atoms with van der Waals surface area (Å²) in [5, 5.41) is 2.48. The van der Waals surface area contributed by atoms with E-state index in [1.54, 1.807) is 0 Å². The van der Waals surface area contributed by atoms with Crippen molar-refractivity contribution in [2.24, 2.45) is 0 Å². The lowest BCUT2D eigenvalue weighted by atomic mass is 9.70. The molecule has 0 unspecified atom stereocenters. The standard InChI is InChI=1S/C64H41N/c1-3-15-42(16-4-1)51-38-62(47-18-5-2-6-19-47)65-63(39-51)48-34-29-45(30-35-48)44-27-32-46(33-28-44)56-41-61-57(40-55(56)50-36-31-43-17-7-8-20-49(43)37-50)54-23-11-14-26-60(54)64(61)58-24-12-9-21-52(58)53-22-10-13-25-59(53)64/h1-41H. The van der Waals surface area contributed by atoms with E-state index in [1.165, 1.54) is 94.2 Å². The number of nitrogens with zero attached hydrogens (tertiary/aromatic N) is 1. The summed E-state index contributed by atoms with van der Waals surface area (Å²) in [5.74, 6) is 0. The largest absolute Gasteiger partial charge is 0.248 e. The van der Waals surface area contributed by atoms with E-state index in [0.717, 1.165) is 28.1 Å². The molecule has 0 amide bonds. The van der Waals surface area contributed by atoms with E-state index in [0.29, 0.717) is 0 Å². The number of aromatic nitrogens is 1. The van der Waals surface area contributed by atoms with Gasteiger partial charge in [-0.15, -0.1) is 0 Å². The first-order valence-electron chi connectivity index (χ1n) is 22.5. The highest BCUT2D eigenvalue weighted by molar-refractivity contribution is 6.00. The molecule has 2 aliphatic rings. The van der Waals surface area contributed by atoms with Crippen LogP contribution in [0.3, 0.4) is 0 Å². The molecule has 0 fully saturated rings. The van der Waals surface area contributed by atoms with Gasteiger partial charge in [0.1, 0.15) is 0 Å². The molecule has 2 aliphatic carbocycles. The zero-order valence-corrected chi connectivity index (χ0v) is 35.6. The second-order valence-corrected chi connectivity index (χ2v) is 17.4. The monoisotopic (exact) mass is 823 g/mol. The first-order valence-corrected chi connectivity index (χ1v) is 22.5. The van der Waals surface area contributed by atoms with Crippen LogP contribution in [0.15, 0.2) is 249 Å². The first kappa shape index (κ1) is 37.2.